The Bertz CT molecular complexity index is 896. The van der Waals surface area contributed by atoms with Crippen molar-refractivity contribution in [3.8, 4) is 0 Å². The number of sulfonamides is 1. The Balaban J connectivity index is 1.82. The van der Waals surface area contributed by atoms with Crippen LogP contribution in [-0.4, -0.2) is 26.6 Å². The van der Waals surface area contributed by atoms with Crippen molar-refractivity contribution in [1.82, 2.24) is 0 Å². The Morgan fingerprint density at radius 2 is 2.00 bits per heavy atom. The largest absolute Gasteiger partial charge is 0.321 e. The molecule has 3 rings (SSSR count). The van der Waals surface area contributed by atoms with Gasteiger partial charge in [-0.3, -0.25) is 9.10 Å². The molecule has 5 nitrogen and oxygen atoms in total. The average Bonchev–Trinajstić information content (AvgIpc) is 2.88. The summed E-state index contributed by atoms with van der Waals surface area (Å²) in [5, 5.41) is 3.05. The van der Waals surface area contributed by atoms with E-state index in [4.69, 9.17) is 11.6 Å². The molecule has 1 heterocycles. The van der Waals surface area contributed by atoms with Crippen molar-refractivity contribution in [3.05, 3.63) is 58.6 Å². The number of benzene rings is 2. The molecule has 1 amide bonds. The first-order valence-corrected chi connectivity index (χ1v) is 9.53. The zero-order valence-corrected chi connectivity index (χ0v) is 14.7. The summed E-state index contributed by atoms with van der Waals surface area (Å²) in [4.78, 5) is 12.3. The highest BCUT2D eigenvalue weighted by Crippen LogP contribution is 2.31. The molecular weight excluding hydrogens is 348 g/mol. The maximum atomic E-state index is 12.3. The number of nitrogens with one attached hydrogen (secondary N) is 1. The monoisotopic (exact) mass is 364 g/mol. The van der Waals surface area contributed by atoms with Crippen LogP contribution in [0.5, 0.6) is 0 Å². The quantitative estimate of drug-likeness (QED) is 0.907. The first-order valence-electron chi connectivity index (χ1n) is 7.55. The number of halogens is 1. The Labute approximate surface area is 146 Å². The average molecular weight is 365 g/mol. The summed E-state index contributed by atoms with van der Waals surface area (Å²) in [6, 6.07) is 12.1. The summed E-state index contributed by atoms with van der Waals surface area (Å²) in [6.45, 7) is 2.36. The number of carbonyl (C=O) groups is 1. The van der Waals surface area contributed by atoms with Crippen molar-refractivity contribution in [2.45, 2.75) is 13.3 Å². The summed E-state index contributed by atoms with van der Waals surface area (Å²) in [5.74, 6) is -0.113. The van der Waals surface area contributed by atoms with Crippen LogP contribution in [0.25, 0.3) is 0 Å². The third-order valence-corrected chi connectivity index (χ3v) is 6.05. The molecule has 1 N–H and O–H groups in total. The van der Waals surface area contributed by atoms with Crippen LogP contribution in [0.1, 0.15) is 22.3 Å². The van der Waals surface area contributed by atoms with Gasteiger partial charge in [0.2, 0.25) is 10.0 Å². The van der Waals surface area contributed by atoms with Gasteiger partial charge in [0.15, 0.2) is 0 Å². The van der Waals surface area contributed by atoms with E-state index in [0.717, 1.165) is 5.56 Å². The van der Waals surface area contributed by atoms with E-state index in [1.807, 2.05) is 19.1 Å². The zero-order valence-electron chi connectivity index (χ0n) is 13.1. The van der Waals surface area contributed by atoms with Gasteiger partial charge in [-0.15, -0.1) is 0 Å². The number of hydrogen-bond acceptors (Lipinski definition) is 3. The molecule has 0 bridgehead atoms. The predicted octanol–water partition coefficient (Wildman–Crippen LogP) is 3.44. The predicted molar refractivity (Wildman–Crippen MR) is 96.3 cm³/mol. The van der Waals surface area contributed by atoms with E-state index in [-0.39, 0.29) is 11.7 Å². The van der Waals surface area contributed by atoms with Gasteiger partial charge in [-0.05, 0) is 43.7 Å². The Kier molecular flexibility index (Phi) is 4.51. The van der Waals surface area contributed by atoms with Gasteiger partial charge >= 0.3 is 0 Å². The normalized spacial score (nSPS) is 16.2. The molecule has 2 aromatic carbocycles. The lowest BCUT2D eigenvalue weighted by Crippen LogP contribution is -2.25. The van der Waals surface area contributed by atoms with E-state index in [1.165, 1.54) is 4.31 Å². The fraction of sp³-hybridized carbons (Fsp3) is 0.235. The van der Waals surface area contributed by atoms with E-state index in [1.54, 1.807) is 30.3 Å². The number of nitrogens with zero attached hydrogens (tertiary/aromatic N) is 1. The first-order chi connectivity index (χ1) is 11.4. The summed E-state index contributed by atoms with van der Waals surface area (Å²) in [5.41, 5.74) is 2.50. The van der Waals surface area contributed by atoms with Crippen molar-refractivity contribution in [1.29, 1.82) is 0 Å². The molecule has 24 heavy (non-hydrogen) atoms. The number of anilines is 2. The highest BCUT2D eigenvalue weighted by atomic mass is 35.5. The second kappa shape index (κ2) is 6.45. The Morgan fingerprint density at radius 1 is 1.21 bits per heavy atom. The number of carbonyl (C=O) groups excluding carboxylic acids is 1. The van der Waals surface area contributed by atoms with E-state index < -0.39 is 10.0 Å². The number of aryl methyl sites for hydroxylation is 1. The minimum Gasteiger partial charge on any atom is -0.321 e. The molecule has 126 valence electrons. The van der Waals surface area contributed by atoms with Gasteiger partial charge in [0, 0.05) is 12.1 Å². The second-order valence-electron chi connectivity index (χ2n) is 5.73. The van der Waals surface area contributed by atoms with Crippen molar-refractivity contribution < 1.29 is 13.2 Å². The Hall–Kier alpha value is -2.05. The smallest absolute Gasteiger partial charge is 0.255 e. The van der Waals surface area contributed by atoms with E-state index in [0.29, 0.717) is 34.9 Å². The molecule has 0 spiro atoms. The molecule has 0 saturated carbocycles. The molecule has 0 radical (unpaired) electrons. The number of amides is 1. The molecule has 1 aliphatic rings. The van der Waals surface area contributed by atoms with Crippen LogP contribution in [0, 0.1) is 6.92 Å². The lowest BCUT2D eigenvalue weighted by atomic mass is 10.1. The third kappa shape index (κ3) is 3.39. The lowest BCUT2D eigenvalue weighted by molar-refractivity contribution is 0.102. The molecule has 0 unspecified atom stereocenters. The molecule has 0 aliphatic carbocycles. The van der Waals surface area contributed by atoms with Crippen LogP contribution in [0.2, 0.25) is 5.02 Å². The summed E-state index contributed by atoms with van der Waals surface area (Å²) >= 11 is 6.23. The standard InChI is InChI=1S/C17H17ClN2O3S/c1-12-4-2-5-13(10-12)17(21)19-16-7-6-14(11-15(16)18)20-8-3-9-24(20,22)23/h2,4-7,10-11H,3,8-9H2,1H3,(H,19,21). The molecule has 1 saturated heterocycles. The van der Waals surface area contributed by atoms with Crippen molar-refractivity contribution >= 4 is 38.9 Å². The maximum Gasteiger partial charge on any atom is 0.255 e. The second-order valence-corrected chi connectivity index (χ2v) is 8.15. The van der Waals surface area contributed by atoms with Crippen LogP contribution in [-0.2, 0) is 10.0 Å². The van der Waals surface area contributed by atoms with E-state index in [2.05, 4.69) is 5.32 Å². The van der Waals surface area contributed by atoms with E-state index in [9.17, 15) is 13.2 Å². The first kappa shape index (κ1) is 16.8. The lowest BCUT2D eigenvalue weighted by Gasteiger charge is -2.18. The third-order valence-electron chi connectivity index (χ3n) is 3.87. The van der Waals surface area contributed by atoms with Crippen LogP contribution in [0.4, 0.5) is 11.4 Å². The Morgan fingerprint density at radius 3 is 2.62 bits per heavy atom. The maximum absolute atomic E-state index is 12.3. The van der Waals surface area contributed by atoms with Crippen molar-refractivity contribution in [2.75, 3.05) is 21.9 Å². The van der Waals surface area contributed by atoms with Crippen LogP contribution in [0.15, 0.2) is 42.5 Å². The van der Waals surface area contributed by atoms with E-state index >= 15 is 0 Å². The van der Waals surface area contributed by atoms with Gasteiger partial charge in [0.1, 0.15) is 0 Å². The molecule has 1 fully saturated rings. The zero-order chi connectivity index (χ0) is 17.3. The van der Waals surface area contributed by atoms with Crippen LogP contribution < -0.4 is 9.62 Å². The summed E-state index contributed by atoms with van der Waals surface area (Å²) in [6.07, 6.45) is 0.603. The number of rotatable bonds is 3. The highest BCUT2D eigenvalue weighted by molar-refractivity contribution is 7.93. The van der Waals surface area contributed by atoms with Gasteiger partial charge in [-0.25, -0.2) is 8.42 Å². The number of hydrogen-bond donors (Lipinski definition) is 1. The van der Waals surface area contributed by atoms with Crippen LogP contribution in [0.3, 0.4) is 0 Å². The van der Waals surface area contributed by atoms with Gasteiger partial charge in [0.05, 0.1) is 22.2 Å². The van der Waals surface area contributed by atoms with Gasteiger partial charge < -0.3 is 5.32 Å². The topological polar surface area (TPSA) is 66.5 Å². The highest BCUT2D eigenvalue weighted by Gasteiger charge is 2.28. The molecule has 0 atom stereocenters. The minimum atomic E-state index is -3.25. The fourth-order valence-electron chi connectivity index (χ4n) is 2.67. The van der Waals surface area contributed by atoms with Crippen molar-refractivity contribution in [2.24, 2.45) is 0 Å². The summed E-state index contributed by atoms with van der Waals surface area (Å²) in [7, 11) is -3.25. The molecule has 7 heteroatoms. The van der Waals surface area contributed by atoms with Crippen molar-refractivity contribution in [3.63, 3.8) is 0 Å². The fourth-order valence-corrected chi connectivity index (χ4v) is 4.45. The van der Waals surface area contributed by atoms with Gasteiger partial charge in [-0.1, -0.05) is 29.3 Å². The molecule has 1 aliphatic heterocycles. The molecule has 0 aromatic heterocycles. The SMILES string of the molecule is Cc1cccc(C(=O)Nc2ccc(N3CCCS3(=O)=O)cc2Cl)c1. The van der Waals surface area contributed by atoms with Crippen LogP contribution >= 0.6 is 11.6 Å². The minimum absolute atomic E-state index is 0.149. The van der Waals surface area contributed by atoms with Gasteiger partial charge in [-0.2, -0.15) is 0 Å². The molecule has 2 aromatic rings. The molecular formula is C17H17ClN2O3S. The van der Waals surface area contributed by atoms with Gasteiger partial charge in [0.25, 0.3) is 5.91 Å². The summed E-state index contributed by atoms with van der Waals surface area (Å²) < 4.78 is 25.3.